The van der Waals surface area contributed by atoms with Crippen molar-refractivity contribution in [3.8, 4) is 0 Å². The topological polar surface area (TPSA) is 95.5 Å². The average molecular weight is 394 g/mol. The summed E-state index contributed by atoms with van der Waals surface area (Å²) in [6, 6.07) is 15.8. The highest BCUT2D eigenvalue weighted by Gasteiger charge is 2.22. The molecular weight excluding hydrogens is 368 g/mol. The van der Waals surface area contributed by atoms with Crippen LogP contribution in [0.4, 0.5) is 0 Å². The van der Waals surface area contributed by atoms with Crippen LogP contribution in [-0.4, -0.2) is 29.4 Å². The Morgan fingerprint density at radius 2 is 1.59 bits per heavy atom. The number of aliphatic carboxylic acids is 1. The first-order valence-electron chi connectivity index (χ1n) is 9.97. The lowest BCUT2D eigenvalue weighted by atomic mass is 9.99. The number of carboxylic acids is 1. The van der Waals surface area contributed by atoms with E-state index >= 15 is 0 Å². The lowest BCUT2D eigenvalue weighted by Gasteiger charge is -2.14. The van der Waals surface area contributed by atoms with E-state index in [1.165, 1.54) is 0 Å². The van der Waals surface area contributed by atoms with Crippen molar-refractivity contribution in [2.45, 2.75) is 38.1 Å². The van der Waals surface area contributed by atoms with Gasteiger partial charge in [0.25, 0.3) is 5.91 Å². The van der Waals surface area contributed by atoms with Gasteiger partial charge < -0.3 is 15.7 Å². The Balaban J connectivity index is 1.51. The first kappa shape index (κ1) is 20.6. The minimum absolute atomic E-state index is 0.0113. The summed E-state index contributed by atoms with van der Waals surface area (Å²) in [5.74, 6) is -1.87. The molecule has 0 heterocycles. The van der Waals surface area contributed by atoms with E-state index in [0.717, 1.165) is 31.2 Å². The van der Waals surface area contributed by atoms with Crippen LogP contribution in [-0.2, 0) is 16.1 Å². The van der Waals surface area contributed by atoms with Crippen molar-refractivity contribution in [1.82, 2.24) is 10.6 Å². The van der Waals surface area contributed by atoms with Crippen LogP contribution in [0.15, 0.2) is 54.6 Å². The molecule has 152 valence electrons. The molecule has 6 heteroatoms. The highest BCUT2D eigenvalue weighted by atomic mass is 16.4. The second kappa shape index (κ2) is 9.87. The first-order valence-corrected chi connectivity index (χ1v) is 9.97. The summed E-state index contributed by atoms with van der Waals surface area (Å²) in [6.45, 7) is 0.448. The number of hydrogen-bond donors (Lipinski definition) is 3. The molecule has 1 aliphatic rings. The van der Waals surface area contributed by atoms with Gasteiger partial charge in [-0.3, -0.25) is 14.4 Å². The van der Waals surface area contributed by atoms with E-state index < -0.39 is 11.9 Å². The Morgan fingerprint density at radius 3 is 2.21 bits per heavy atom. The molecular formula is C23H26N2O4. The standard InChI is InChI=1S/C23H26N2O4/c26-21(18-8-4-5-9-18)24-14-16-10-12-19(13-11-16)22(27)25-15-20(23(28)29)17-6-2-1-3-7-17/h1-3,6-7,10-13,18,20H,4-5,8-9,14-15H2,(H,24,26)(H,25,27)(H,28,29). The predicted molar refractivity (Wildman–Crippen MR) is 109 cm³/mol. The van der Waals surface area contributed by atoms with Gasteiger partial charge in [0, 0.05) is 24.6 Å². The number of nitrogens with one attached hydrogen (secondary N) is 2. The molecule has 6 nitrogen and oxygen atoms in total. The van der Waals surface area contributed by atoms with E-state index in [0.29, 0.717) is 17.7 Å². The van der Waals surface area contributed by atoms with Gasteiger partial charge in [-0.15, -0.1) is 0 Å². The summed E-state index contributed by atoms with van der Waals surface area (Å²) in [5.41, 5.74) is 2.02. The van der Waals surface area contributed by atoms with Gasteiger partial charge in [0.2, 0.25) is 5.91 Å². The van der Waals surface area contributed by atoms with Crippen molar-refractivity contribution in [3.63, 3.8) is 0 Å². The van der Waals surface area contributed by atoms with Gasteiger partial charge in [0.15, 0.2) is 0 Å². The molecule has 0 aliphatic heterocycles. The zero-order valence-corrected chi connectivity index (χ0v) is 16.3. The van der Waals surface area contributed by atoms with Crippen LogP contribution < -0.4 is 10.6 Å². The summed E-state index contributed by atoms with van der Waals surface area (Å²) < 4.78 is 0. The molecule has 2 aromatic carbocycles. The van der Waals surface area contributed by atoms with Crippen molar-refractivity contribution < 1.29 is 19.5 Å². The van der Waals surface area contributed by atoms with Gasteiger partial charge in [0.1, 0.15) is 0 Å². The minimum Gasteiger partial charge on any atom is -0.481 e. The number of rotatable bonds is 8. The van der Waals surface area contributed by atoms with Crippen LogP contribution in [0, 0.1) is 5.92 Å². The number of amides is 2. The van der Waals surface area contributed by atoms with Crippen LogP contribution in [0.5, 0.6) is 0 Å². The number of benzene rings is 2. The summed E-state index contributed by atoms with van der Waals surface area (Å²) in [4.78, 5) is 36.0. The Labute approximate surface area is 170 Å². The summed E-state index contributed by atoms with van der Waals surface area (Å²) in [5, 5.41) is 15.1. The molecule has 3 N–H and O–H groups in total. The first-order chi connectivity index (χ1) is 14.0. The molecule has 1 atom stereocenters. The zero-order valence-electron chi connectivity index (χ0n) is 16.3. The maximum Gasteiger partial charge on any atom is 0.312 e. The van der Waals surface area contributed by atoms with E-state index in [1.807, 2.05) is 6.07 Å². The predicted octanol–water partition coefficient (Wildman–Crippen LogP) is 3.09. The Bertz CT molecular complexity index is 843. The molecule has 0 bridgehead atoms. The van der Waals surface area contributed by atoms with Gasteiger partial charge >= 0.3 is 5.97 Å². The molecule has 0 saturated heterocycles. The zero-order chi connectivity index (χ0) is 20.6. The second-order valence-electron chi connectivity index (χ2n) is 7.41. The van der Waals surface area contributed by atoms with Crippen LogP contribution in [0.1, 0.15) is 53.1 Å². The largest absolute Gasteiger partial charge is 0.481 e. The van der Waals surface area contributed by atoms with Crippen molar-refractivity contribution in [1.29, 1.82) is 0 Å². The third-order valence-electron chi connectivity index (χ3n) is 5.38. The third kappa shape index (κ3) is 5.67. The molecule has 2 aromatic rings. The fraction of sp³-hybridized carbons (Fsp3) is 0.348. The third-order valence-corrected chi connectivity index (χ3v) is 5.38. The van der Waals surface area contributed by atoms with E-state index in [1.54, 1.807) is 48.5 Å². The van der Waals surface area contributed by atoms with Gasteiger partial charge in [0.05, 0.1) is 5.92 Å². The van der Waals surface area contributed by atoms with Crippen molar-refractivity contribution >= 4 is 17.8 Å². The maximum atomic E-state index is 12.4. The molecule has 29 heavy (non-hydrogen) atoms. The number of carboxylic acid groups (broad SMARTS) is 1. The molecule has 1 fully saturated rings. The van der Waals surface area contributed by atoms with E-state index in [9.17, 15) is 19.5 Å². The SMILES string of the molecule is O=C(NCC(C(=O)O)c1ccccc1)c1ccc(CNC(=O)C2CCCC2)cc1. The summed E-state index contributed by atoms with van der Waals surface area (Å²) >= 11 is 0. The van der Waals surface area contributed by atoms with Crippen molar-refractivity contribution in [2.24, 2.45) is 5.92 Å². The van der Waals surface area contributed by atoms with Crippen LogP contribution in [0.2, 0.25) is 0 Å². The minimum atomic E-state index is -0.982. The Morgan fingerprint density at radius 1 is 0.931 bits per heavy atom. The molecule has 1 unspecified atom stereocenters. The van der Waals surface area contributed by atoms with Crippen LogP contribution in [0.25, 0.3) is 0 Å². The quantitative estimate of drug-likeness (QED) is 0.641. The van der Waals surface area contributed by atoms with Crippen molar-refractivity contribution in [3.05, 3.63) is 71.3 Å². The molecule has 0 aromatic heterocycles. The Hall–Kier alpha value is -3.15. The van der Waals surface area contributed by atoms with Crippen LogP contribution in [0.3, 0.4) is 0 Å². The lowest BCUT2D eigenvalue weighted by molar-refractivity contribution is -0.138. The van der Waals surface area contributed by atoms with Crippen molar-refractivity contribution in [2.75, 3.05) is 6.54 Å². The summed E-state index contributed by atoms with van der Waals surface area (Å²) in [6.07, 6.45) is 4.17. The number of hydrogen-bond acceptors (Lipinski definition) is 3. The average Bonchev–Trinajstić information content (AvgIpc) is 3.28. The van der Waals surface area contributed by atoms with Gasteiger partial charge in [-0.2, -0.15) is 0 Å². The van der Waals surface area contributed by atoms with Gasteiger partial charge in [-0.1, -0.05) is 55.3 Å². The number of carbonyl (C=O) groups is 3. The Kier molecular flexibility index (Phi) is 7.00. The fourth-order valence-electron chi connectivity index (χ4n) is 3.63. The van der Waals surface area contributed by atoms with Gasteiger partial charge in [-0.05, 0) is 36.1 Å². The van der Waals surface area contributed by atoms with E-state index in [-0.39, 0.29) is 24.3 Å². The second-order valence-corrected chi connectivity index (χ2v) is 7.41. The van der Waals surface area contributed by atoms with Crippen LogP contribution >= 0.6 is 0 Å². The molecule has 0 spiro atoms. The molecule has 0 radical (unpaired) electrons. The number of carbonyl (C=O) groups excluding carboxylic acids is 2. The molecule has 1 aliphatic carbocycles. The molecule has 1 saturated carbocycles. The molecule has 3 rings (SSSR count). The molecule has 2 amide bonds. The monoisotopic (exact) mass is 394 g/mol. The normalized spacial score (nSPS) is 14.9. The fourth-order valence-corrected chi connectivity index (χ4v) is 3.63. The summed E-state index contributed by atoms with van der Waals surface area (Å²) in [7, 11) is 0. The maximum absolute atomic E-state index is 12.4. The highest BCUT2D eigenvalue weighted by Crippen LogP contribution is 2.24. The van der Waals surface area contributed by atoms with Gasteiger partial charge in [-0.25, -0.2) is 0 Å². The van der Waals surface area contributed by atoms with E-state index in [2.05, 4.69) is 10.6 Å². The lowest BCUT2D eigenvalue weighted by Crippen LogP contribution is -2.31. The smallest absolute Gasteiger partial charge is 0.312 e. The highest BCUT2D eigenvalue weighted by molar-refractivity contribution is 5.94. The van der Waals surface area contributed by atoms with E-state index in [4.69, 9.17) is 0 Å².